The Morgan fingerprint density at radius 2 is 1.94 bits per heavy atom. The summed E-state index contributed by atoms with van der Waals surface area (Å²) in [4.78, 5) is 33.2. The van der Waals surface area contributed by atoms with Gasteiger partial charge >= 0.3 is 6.03 Å². The van der Waals surface area contributed by atoms with Gasteiger partial charge in [-0.05, 0) is 49.6 Å². The van der Waals surface area contributed by atoms with Gasteiger partial charge in [0.2, 0.25) is 0 Å². The van der Waals surface area contributed by atoms with E-state index in [1.807, 2.05) is 25.1 Å². The number of carbonyl (C=O) groups excluding carboxylic acids is 1. The van der Waals surface area contributed by atoms with Gasteiger partial charge in [-0.3, -0.25) is 9.36 Å². The van der Waals surface area contributed by atoms with Gasteiger partial charge in [0.05, 0.1) is 30.1 Å². The van der Waals surface area contributed by atoms with Gasteiger partial charge in [-0.15, -0.1) is 0 Å². The van der Waals surface area contributed by atoms with E-state index in [4.69, 9.17) is 21.3 Å². The minimum Gasteiger partial charge on any atom is -0.383 e. The van der Waals surface area contributed by atoms with Crippen LogP contribution in [0.1, 0.15) is 39.1 Å². The summed E-state index contributed by atoms with van der Waals surface area (Å²) in [7, 11) is 1.59. The molecule has 1 aromatic heterocycles. The lowest BCUT2D eigenvalue weighted by Crippen LogP contribution is -2.41. The summed E-state index contributed by atoms with van der Waals surface area (Å²) in [5.41, 5.74) is 1.08. The summed E-state index contributed by atoms with van der Waals surface area (Å²) < 4.78 is 6.85. The summed E-state index contributed by atoms with van der Waals surface area (Å²) in [6.07, 6.45) is 0.809. The Hall–Kier alpha value is -2.90. The maximum atomic E-state index is 13.4. The summed E-state index contributed by atoms with van der Waals surface area (Å²) in [5, 5.41) is 4.02. The molecule has 0 radical (unpaired) electrons. The maximum absolute atomic E-state index is 13.4. The number of fused-ring (bicyclic) bond motifs is 1. The number of nitrogens with one attached hydrogen (secondary N) is 1. The standard InChI is InChI=1S/C25H31ClN4O3/c1-17(2)12-13-29(25(32)27-20-9-7-8-19(26)16-20)18(3)23-28-22-11-6-5-10-21(22)24(31)30(23)14-15-33-4/h5-11,16-18H,12-15H2,1-4H3,(H,27,32). The van der Waals surface area contributed by atoms with Crippen LogP contribution in [0.3, 0.4) is 0 Å². The van der Waals surface area contributed by atoms with E-state index in [0.717, 1.165) is 6.42 Å². The van der Waals surface area contributed by atoms with Crippen molar-refractivity contribution in [3.05, 3.63) is 69.7 Å². The van der Waals surface area contributed by atoms with Crippen LogP contribution in [-0.4, -0.2) is 40.7 Å². The van der Waals surface area contributed by atoms with Gasteiger partial charge in [-0.2, -0.15) is 0 Å². The highest BCUT2D eigenvalue weighted by molar-refractivity contribution is 6.30. The van der Waals surface area contributed by atoms with Gasteiger partial charge in [0.15, 0.2) is 0 Å². The predicted molar refractivity (Wildman–Crippen MR) is 133 cm³/mol. The molecule has 0 aliphatic carbocycles. The maximum Gasteiger partial charge on any atom is 0.322 e. The summed E-state index contributed by atoms with van der Waals surface area (Å²) in [5.74, 6) is 0.930. The molecule has 0 bridgehead atoms. The molecule has 1 unspecified atom stereocenters. The first kappa shape index (κ1) is 24.7. The van der Waals surface area contributed by atoms with Crippen LogP contribution in [0.5, 0.6) is 0 Å². The van der Waals surface area contributed by atoms with Crippen LogP contribution in [0.2, 0.25) is 5.02 Å². The molecule has 1 heterocycles. The number of benzene rings is 2. The number of aromatic nitrogens is 2. The molecule has 0 aliphatic heterocycles. The molecule has 0 spiro atoms. The third kappa shape index (κ3) is 6.12. The average Bonchev–Trinajstić information content (AvgIpc) is 2.78. The summed E-state index contributed by atoms with van der Waals surface area (Å²) >= 11 is 6.09. The molecule has 0 aliphatic rings. The highest BCUT2D eigenvalue weighted by Gasteiger charge is 2.26. The number of halogens is 1. The van der Waals surface area contributed by atoms with Crippen LogP contribution in [0.25, 0.3) is 10.9 Å². The van der Waals surface area contributed by atoms with Crippen molar-refractivity contribution in [1.29, 1.82) is 0 Å². The highest BCUT2D eigenvalue weighted by Crippen LogP contribution is 2.23. The monoisotopic (exact) mass is 470 g/mol. The second-order valence-corrected chi connectivity index (χ2v) is 8.87. The molecule has 3 aromatic rings. The van der Waals surface area contributed by atoms with Crippen molar-refractivity contribution in [3.8, 4) is 0 Å². The molecule has 176 valence electrons. The van der Waals surface area contributed by atoms with E-state index in [1.165, 1.54) is 0 Å². The Morgan fingerprint density at radius 1 is 1.18 bits per heavy atom. The summed E-state index contributed by atoms with van der Waals surface area (Å²) in [6, 6.07) is 13.6. The normalized spacial score (nSPS) is 12.2. The van der Waals surface area contributed by atoms with Gasteiger partial charge in [0, 0.05) is 24.4 Å². The minimum atomic E-state index is -0.447. The number of amides is 2. The van der Waals surface area contributed by atoms with E-state index in [0.29, 0.717) is 53.1 Å². The number of methoxy groups -OCH3 is 1. The molecular formula is C25H31ClN4O3. The molecular weight excluding hydrogens is 440 g/mol. The molecule has 0 saturated carbocycles. The number of ether oxygens (including phenoxy) is 1. The SMILES string of the molecule is COCCn1c(C(C)N(CCC(C)C)C(=O)Nc2cccc(Cl)c2)nc2ccccc2c1=O. The molecule has 2 amide bonds. The fourth-order valence-electron chi connectivity index (χ4n) is 3.67. The van der Waals surface area contributed by atoms with Crippen molar-refractivity contribution in [1.82, 2.24) is 14.5 Å². The van der Waals surface area contributed by atoms with E-state index < -0.39 is 6.04 Å². The molecule has 0 saturated heterocycles. The van der Waals surface area contributed by atoms with Gasteiger partial charge in [-0.1, -0.05) is 43.6 Å². The number of rotatable bonds is 9. The number of nitrogens with zero attached hydrogens (tertiary/aromatic N) is 3. The van der Waals surface area contributed by atoms with Gasteiger partial charge in [0.1, 0.15) is 5.82 Å². The van der Waals surface area contributed by atoms with Crippen molar-refractivity contribution in [3.63, 3.8) is 0 Å². The van der Waals surface area contributed by atoms with Crippen LogP contribution < -0.4 is 10.9 Å². The highest BCUT2D eigenvalue weighted by atomic mass is 35.5. The lowest BCUT2D eigenvalue weighted by molar-refractivity contribution is 0.172. The van der Waals surface area contributed by atoms with E-state index in [1.54, 1.807) is 46.9 Å². The smallest absolute Gasteiger partial charge is 0.322 e. The number of hydrogen-bond acceptors (Lipinski definition) is 4. The Labute approximate surface area is 199 Å². The number of urea groups is 1. The largest absolute Gasteiger partial charge is 0.383 e. The van der Waals surface area contributed by atoms with Crippen molar-refractivity contribution in [2.45, 2.75) is 39.8 Å². The lowest BCUT2D eigenvalue weighted by Gasteiger charge is -2.31. The first-order chi connectivity index (χ1) is 15.8. The van der Waals surface area contributed by atoms with Crippen LogP contribution >= 0.6 is 11.6 Å². The summed E-state index contributed by atoms with van der Waals surface area (Å²) in [6.45, 7) is 7.35. The number of para-hydroxylation sites is 1. The molecule has 3 rings (SSSR count). The van der Waals surface area contributed by atoms with E-state index in [-0.39, 0.29) is 11.6 Å². The second-order valence-electron chi connectivity index (χ2n) is 8.43. The fourth-order valence-corrected chi connectivity index (χ4v) is 3.86. The third-order valence-electron chi connectivity index (χ3n) is 5.54. The Kier molecular flexibility index (Phi) is 8.47. The van der Waals surface area contributed by atoms with Gasteiger partial charge in [-0.25, -0.2) is 9.78 Å². The Morgan fingerprint density at radius 3 is 2.64 bits per heavy atom. The molecule has 2 aromatic carbocycles. The minimum absolute atomic E-state index is 0.140. The van der Waals surface area contributed by atoms with Crippen LogP contribution in [-0.2, 0) is 11.3 Å². The third-order valence-corrected chi connectivity index (χ3v) is 5.77. The molecule has 1 atom stereocenters. The second kappa shape index (κ2) is 11.3. The lowest BCUT2D eigenvalue weighted by atomic mass is 10.1. The van der Waals surface area contributed by atoms with E-state index in [2.05, 4.69) is 19.2 Å². The number of anilines is 1. The van der Waals surface area contributed by atoms with Crippen LogP contribution in [0.4, 0.5) is 10.5 Å². The zero-order chi connectivity index (χ0) is 24.0. The fraction of sp³-hybridized carbons (Fsp3) is 0.400. The van der Waals surface area contributed by atoms with Crippen LogP contribution in [0.15, 0.2) is 53.3 Å². The van der Waals surface area contributed by atoms with Gasteiger partial charge in [0.25, 0.3) is 5.56 Å². The van der Waals surface area contributed by atoms with Crippen LogP contribution in [0, 0.1) is 5.92 Å². The van der Waals surface area contributed by atoms with E-state index in [9.17, 15) is 9.59 Å². The zero-order valence-electron chi connectivity index (χ0n) is 19.5. The molecule has 33 heavy (non-hydrogen) atoms. The average molecular weight is 471 g/mol. The van der Waals surface area contributed by atoms with Crippen molar-refractivity contribution < 1.29 is 9.53 Å². The molecule has 7 nitrogen and oxygen atoms in total. The van der Waals surface area contributed by atoms with Crippen molar-refractivity contribution in [2.75, 3.05) is 25.6 Å². The number of carbonyl (C=O) groups is 1. The topological polar surface area (TPSA) is 76.5 Å². The first-order valence-electron chi connectivity index (χ1n) is 11.1. The van der Waals surface area contributed by atoms with E-state index >= 15 is 0 Å². The predicted octanol–water partition coefficient (Wildman–Crippen LogP) is 5.34. The zero-order valence-corrected chi connectivity index (χ0v) is 20.3. The van der Waals surface area contributed by atoms with Crippen molar-refractivity contribution in [2.24, 2.45) is 5.92 Å². The Bertz CT molecular complexity index is 1160. The molecule has 0 fully saturated rings. The number of hydrogen-bond donors (Lipinski definition) is 1. The first-order valence-corrected chi connectivity index (χ1v) is 11.5. The Balaban J connectivity index is 2.02. The van der Waals surface area contributed by atoms with Crippen molar-refractivity contribution >= 4 is 34.2 Å². The molecule has 8 heteroatoms. The quantitative estimate of drug-likeness (QED) is 0.458. The van der Waals surface area contributed by atoms with Gasteiger partial charge < -0.3 is 15.0 Å². The molecule has 1 N–H and O–H groups in total.